The van der Waals surface area contributed by atoms with Crippen molar-refractivity contribution in [2.75, 3.05) is 19.0 Å². The molecule has 0 aliphatic carbocycles. The first-order valence-electron chi connectivity index (χ1n) is 7.83. The largest absolute Gasteiger partial charge is 0.507 e. The van der Waals surface area contributed by atoms with Gasteiger partial charge in [-0.25, -0.2) is 0 Å². The maximum Gasteiger partial charge on any atom is 0.286 e. The van der Waals surface area contributed by atoms with Crippen LogP contribution < -0.4 is 4.90 Å². The van der Waals surface area contributed by atoms with E-state index in [0.29, 0.717) is 14.8 Å². The van der Waals surface area contributed by atoms with E-state index in [4.69, 9.17) is 12.2 Å². The summed E-state index contributed by atoms with van der Waals surface area (Å²) in [5, 5.41) is 15.1. The molecule has 1 N–H and O–H groups in total. The zero-order valence-electron chi connectivity index (χ0n) is 14.3. The van der Waals surface area contributed by atoms with Crippen LogP contribution in [0.3, 0.4) is 0 Å². The Morgan fingerprint density at radius 1 is 1.15 bits per heavy atom. The van der Waals surface area contributed by atoms with Gasteiger partial charge in [0.25, 0.3) is 5.91 Å². The van der Waals surface area contributed by atoms with Gasteiger partial charge in [0.1, 0.15) is 5.75 Å². The van der Waals surface area contributed by atoms with Crippen molar-refractivity contribution in [1.29, 1.82) is 0 Å². The number of benzene rings is 2. The molecule has 1 aliphatic heterocycles. The van der Waals surface area contributed by atoms with E-state index in [0.717, 1.165) is 11.3 Å². The minimum Gasteiger partial charge on any atom is -0.507 e. The molecule has 0 radical (unpaired) electrons. The molecule has 132 valence electrons. The standard InChI is InChI=1S/C19H17N3O2S2/c1-21(2)15-9-7-13(8-10-15)11-17-18(24)22(19(25)26-17)20-12-14-5-3-4-6-16(14)23/h3-12,23H,1-2H3. The number of thioether (sulfide) groups is 1. The summed E-state index contributed by atoms with van der Waals surface area (Å²) in [6, 6.07) is 14.6. The van der Waals surface area contributed by atoms with Crippen molar-refractivity contribution in [1.82, 2.24) is 5.01 Å². The molecule has 0 aromatic heterocycles. The van der Waals surface area contributed by atoms with Crippen molar-refractivity contribution in [3.05, 3.63) is 64.6 Å². The molecule has 1 aliphatic rings. The lowest BCUT2D eigenvalue weighted by Crippen LogP contribution is -2.22. The van der Waals surface area contributed by atoms with Crippen molar-refractivity contribution < 1.29 is 9.90 Å². The number of aromatic hydroxyl groups is 1. The van der Waals surface area contributed by atoms with Crippen LogP contribution in [0.15, 0.2) is 58.5 Å². The van der Waals surface area contributed by atoms with Crippen molar-refractivity contribution in [2.45, 2.75) is 0 Å². The van der Waals surface area contributed by atoms with Crippen LogP contribution in [0.5, 0.6) is 5.75 Å². The number of rotatable bonds is 4. The molecule has 3 rings (SSSR count). The SMILES string of the molecule is CN(C)c1ccc(C=C2SC(=S)N(N=Cc3ccccc3O)C2=O)cc1. The lowest BCUT2D eigenvalue weighted by Gasteiger charge is -2.11. The molecular weight excluding hydrogens is 366 g/mol. The second-order valence-corrected chi connectivity index (χ2v) is 7.46. The van der Waals surface area contributed by atoms with Crippen LogP contribution in [-0.2, 0) is 4.79 Å². The molecule has 0 unspecified atom stereocenters. The Kier molecular flexibility index (Phi) is 5.39. The Balaban J connectivity index is 1.79. The maximum absolute atomic E-state index is 12.6. The monoisotopic (exact) mass is 383 g/mol. The summed E-state index contributed by atoms with van der Waals surface area (Å²) in [6.45, 7) is 0. The van der Waals surface area contributed by atoms with Gasteiger partial charge in [0, 0.05) is 25.3 Å². The molecule has 26 heavy (non-hydrogen) atoms. The Morgan fingerprint density at radius 3 is 2.50 bits per heavy atom. The first kappa shape index (κ1) is 18.2. The Hall–Kier alpha value is -2.64. The molecule has 0 spiro atoms. The smallest absolute Gasteiger partial charge is 0.286 e. The molecule has 1 fully saturated rings. The number of carbonyl (C=O) groups is 1. The van der Waals surface area contributed by atoms with Gasteiger partial charge >= 0.3 is 0 Å². The Morgan fingerprint density at radius 2 is 1.85 bits per heavy atom. The van der Waals surface area contributed by atoms with Crippen LogP contribution in [0, 0.1) is 0 Å². The molecular formula is C19H17N3O2S2. The van der Waals surface area contributed by atoms with E-state index in [1.165, 1.54) is 23.0 Å². The van der Waals surface area contributed by atoms with Crippen LogP contribution in [0.4, 0.5) is 5.69 Å². The van der Waals surface area contributed by atoms with Crippen LogP contribution in [0.2, 0.25) is 0 Å². The Bertz CT molecular complexity index is 905. The highest BCUT2D eigenvalue weighted by Crippen LogP contribution is 2.33. The van der Waals surface area contributed by atoms with Crippen LogP contribution in [0.25, 0.3) is 6.08 Å². The molecule has 5 nitrogen and oxygen atoms in total. The summed E-state index contributed by atoms with van der Waals surface area (Å²) in [6.07, 6.45) is 3.23. The summed E-state index contributed by atoms with van der Waals surface area (Å²) < 4.78 is 0.359. The number of amides is 1. The quantitative estimate of drug-likeness (QED) is 0.496. The summed E-state index contributed by atoms with van der Waals surface area (Å²) in [5.74, 6) is -0.179. The number of phenols is 1. The lowest BCUT2D eigenvalue weighted by molar-refractivity contribution is -0.122. The highest BCUT2D eigenvalue weighted by molar-refractivity contribution is 8.26. The molecule has 0 bridgehead atoms. The average Bonchev–Trinajstić information content (AvgIpc) is 2.88. The highest BCUT2D eigenvalue weighted by atomic mass is 32.2. The predicted octanol–water partition coefficient (Wildman–Crippen LogP) is 3.69. The normalized spacial score (nSPS) is 16.1. The predicted molar refractivity (Wildman–Crippen MR) is 111 cm³/mol. The zero-order chi connectivity index (χ0) is 18.7. The average molecular weight is 383 g/mol. The van der Waals surface area contributed by atoms with Gasteiger partial charge in [-0.05, 0) is 48.1 Å². The van der Waals surface area contributed by atoms with Gasteiger partial charge in [0.05, 0.1) is 11.1 Å². The number of hydrogen-bond acceptors (Lipinski definition) is 6. The van der Waals surface area contributed by atoms with E-state index in [1.807, 2.05) is 43.3 Å². The second-order valence-electron chi connectivity index (χ2n) is 5.78. The van der Waals surface area contributed by atoms with Gasteiger partial charge in [-0.1, -0.05) is 36.0 Å². The zero-order valence-corrected chi connectivity index (χ0v) is 15.9. The number of thiocarbonyl (C=S) groups is 1. The summed E-state index contributed by atoms with van der Waals surface area (Å²) in [4.78, 5) is 15.1. The molecule has 2 aromatic rings. The molecule has 2 aromatic carbocycles. The fraction of sp³-hybridized carbons (Fsp3) is 0.105. The summed E-state index contributed by atoms with van der Waals surface area (Å²) in [5.41, 5.74) is 2.52. The lowest BCUT2D eigenvalue weighted by atomic mass is 10.2. The molecule has 1 saturated heterocycles. The minimum absolute atomic E-state index is 0.0956. The minimum atomic E-state index is -0.275. The third-order valence-corrected chi connectivity index (χ3v) is 5.01. The fourth-order valence-corrected chi connectivity index (χ4v) is 3.47. The first-order valence-corrected chi connectivity index (χ1v) is 9.05. The van der Waals surface area contributed by atoms with E-state index in [9.17, 15) is 9.90 Å². The van der Waals surface area contributed by atoms with Crippen LogP contribution in [-0.4, -0.2) is 40.7 Å². The summed E-state index contributed by atoms with van der Waals surface area (Å²) in [7, 11) is 3.95. The number of anilines is 1. The first-order chi connectivity index (χ1) is 12.5. The van der Waals surface area contributed by atoms with Crippen molar-refractivity contribution in [3.63, 3.8) is 0 Å². The molecule has 7 heteroatoms. The number of hydrogen-bond donors (Lipinski definition) is 1. The highest BCUT2D eigenvalue weighted by Gasteiger charge is 2.32. The van der Waals surface area contributed by atoms with E-state index in [-0.39, 0.29) is 11.7 Å². The van der Waals surface area contributed by atoms with Gasteiger partial charge in [-0.3, -0.25) is 4.79 Å². The van der Waals surface area contributed by atoms with Crippen molar-refractivity contribution >= 4 is 52.2 Å². The van der Waals surface area contributed by atoms with Crippen LogP contribution in [0.1, 0.15) is 11.1 Å². The summed E-state index contributed by atoms with van der Waals surface area (Å²) >= 11 is 6.47. The van der Waals surface area contributed by atoms with Crippen molar-refractivity contribution in [2.24, 2.45) is 5.10 Å². The van der Waals surface area contributed by atoms with Gasteiger partial charge in [-0.15, -0.1) is 0 Å². The third kappa shape index (κ3) is 3.95. The second kappa shape index (κ2) is 7.72. The Labute approximate surface area is 161 Å². The maximum atomic E-state index is 12.6. The topological polar surface area (TPSA) is 56.1 Å². The fourth-order valence-electron chi connectivity index (χ4n) is 2.30. The van der Waals surface area contributed by atoms with Crippen LogP contribution >= 0.6 is 24.0 Å². The molecule has 0 atom stereocenters. The number of phenolic OH excluding ortho intramolecular Hbond substituents is 1. The van der Waals surface area contributed by atoms with E-state index >= 15 is 0 Å². The number of nitrogens with zero attached hydrogens (tertiary/aromatic N) is 3. The number of hydrazone groups is 1. The van der Waals surface area contributed by atoms with Crippen molar-refractivity contribution in [3.8, 4) is 5.75 Å². The third-order valence-electron chi connectivity index (χ3n) is 3.73. The molecule has 1 amide bonds. The number of para-hydroxylation sites is 1. The van der Waals surface area contributed by atoms with Gasteiger partial charge in [-0.2, -0.15) is 10.1 Å². The van der Waals surface area contributed by atoms with E-state index < -0.39 is 0 Å². The number of carbonyl (C=O) groups excluding carboxylic acids is 1. The van der Waals surface area contributed by atoms with Gasteiger partial charge in [0.15, 0.2) is 4.32 Å². The molecule has 1 heterocycles. The molecule has 0 saturated carbocycles. The van der Waals surface area contributed by atoms with Gasteiger partial charge in [0.2, 0.25) is 0 Å². The van der Waals surface area contributed by atoms with E-state index in [1.54, 1.807) is 30.3 Å². The van der Waals surface area contributed by atoms with E-state index in [2.05, 4.69) is 5.10 Å². The van der Waals surface area contributed by atoms with Gasteiger partial charge < -0.3 is 10.0 Å².